The summed E-state index contributed by atoms with van der Waals surface area (Å²) in [5, 5.41) is 10.1. The fourth-order valence-electron chi connectivity index (χ4n) is 1.44. The van der Waals surface area contributed by atoms with Crippen molar-refractivity contribution in [2.75, 3.05) is 6.54 Å². The van der Waals surface area contributed by atoms with E-state index in [1.807, 2.05) is 6.92 Å². The molecular formula is C12H18FNO. The van der Waals surface area contributed by atoms with Crippen molar-refractivity contribution in [3.05, 3.63) is 35.6 Å². The van der Waals surface area contributed by atoms with E-state index >= 15 is 0 Å². The summed E-state index contributed by atoms with van der Waals surface area (Å²) in [6.45, 7) is 4.10. The van der Waals surface area contributed by atoms with Crippen molar-refractivity contribution in [1.29, 1.82) is 0 Å². The first-order valence-corrected chi connectivity index (χ1v) is 5.12. The molecule has 0 bridgehead atoms. The largest absolute Gasteiger partial charge is 0.390 e. The number of benzene rings is 1. The Hall–Kier alpha value is -0.930. The maximum absolute atomic E-state index is 12.7. The van der Waals surface area contributed by atoms with E-state index in [1.165, 1.54) is 12.1 Å². The summed E-state index contributed by atoms with van der Waals surface area (Å²) in [7, 11) is 0. The van der Waals surface area contributed by atoms with Gasteiger partial charge in [-0.05, 0) is 37.1 Å². The summed E-state index contributed by atoms with van der Waals surface area (Å²) >= 11 is 0. The number of nitrogens with two attached hydrogens (primary N) is 1. The molecule has 0 spiro atoms. The zero-order valence-electron chi connectivity index (χ0n) is 9.20. The van der Waals surface area contributed by atoms with Crippen LogP contribution in [0, 0.1) is 11.7 Å². The van der Waals surface area contributed by atoms with Crippen molar-refractivity contribution in [1.82, 2.24) is 0 Å². The third kappa shape index (κ3) is 3.29. The molecule has 1 rings (SSSR count). The minimum Gasteiger partial charge on any atom is -0.390 e. The molecule has 15 heavy (non-hydrogen) atoms. The third-order valence-corrected chi connectivity index (χ3v) is 2.89. The maximum Gasteiger partial charge on any atom is 0.123 e. The molecule has 0 amide bonds. The molecule has 0 saturated carbocycles. The first kappa shape index (κ1) is 12.1. The highest BCUT2D eigenvalue weighted by Crippen LogP contribution is 2.21. The zero-order chi connectivity index (χ0) is 11.5. The molecule has 3 heteroatoms. The Kier molecular flexibility index (Phi) is 3.83. The summed E-state index contributed by atoms with van der Waals surface area (Å²) < 4.78 is 12.7. The van der Waals surface area contributed by atoms with E-state index in [0.29, 0.717) is 13.0 Å². The van der Waals surface area contributed by atoms with E-state index < -0.39 is 5.60 Å². The molecule has 84 valence electrons. The Morgan fingerprint density at radius 1 is 1.40 bits per heavy atom. The highest BCUT2D eigenvalue weighted by molar-refractivity contribution is 5.18. The molecule has 0 aliphatic heterocycles. The average Bonchev–Trinajstić information content (AvgIpc) is 2.20. The van der Waals surface area contributed by atoms with Crippen molar-refractivity contribution in [3.8, 4) is 0 Å². The number of halogens is 1. The molecule has 1 aromatic carbocycles. The van der Waals surface area contributed by atoms with Crippen LogP contribution in [0.3, 0.4) is 0 Å². The summed E-state index contributed by atoms with van der Waals surface area (Å²) in [4.78, 5) is 0. The van der Waals surface area contributed by atoms with Crippen LogP contribution in [0.25, 0.3) is 0 Å². The molecule has 2 nitrogen and oxygen atoms in total. The lowest BCUT2D eigenvalue weighted by Gasteiger charge is -2.29. The Labute approximate surface area is 89.9 Å². The van der Waals surface area contributed by atoms with Crippen LogP contribution < -0.4 is 5.73 Å². The predicted molar refractivity (Wildman–Crippen MR) is 58.9 cm³/mol. The van der Waals surface area contributed by atoms with Gasteiger partial charge in [0.15, 0.2) is 0 Å². The SMILES string of the molecule is CC(CN)C(C)(O)Cc1ccc(F)cc1. The highest BCUT2D eigenvalue weighted by Gasteiger charge is 2.27. The fourth-order valence-corrected chi connectivity index (χ4v) is 1.44. The normalized spacial score (nSPS) is 17.1. The third-order valence-electron chi connectivity index (χ3n) is 2.89. The van der Waals surface area contributed by atoms with Gasteiger partial charge < -0.3 is 10.8 Å². The highest BCUT2D eigenvalue weighted by atomic mass is 19.1. The Morgan fingerprint density at radius 2 is 1.93 bits per heavy atom. The quantitative estimate of drug-likeness (QED) is 0.796. The molecule has 3 N–H and O–H groups in total. The van der Waals surface area contributed by atoms with Crippen molar-refractivity contribution in [2.24, 2.45) is 11.7 Å². The van der Waals surface area contributed by atoms with Gasteiger partial charge >= 0.3 is 0 Å². The van der Waals surface area contributed by atoms with Crippen molar-refractivity contribution >= 4 is 0 Å². The molecule has 2 unspecified atom stereocenters. The molecule has 0 heterocycles. The van der Waals surface area contributed by atoms with Gasteiger partial charge in [-0.2, -0.15) is 0 Å². The van der Waals surface area contributed by atoms with Crippen molar-refractivity contribution < 1.29 is 9.50 Å². The second-order valence-corrected chi connectivity index (χ2v) is 4.30. The summed E-state index contributed by atoms with van der Waals surface area (Å²) in [5.74, 6) is -0.243. The van der Waals surface area contributed by atoms with Gasteiger partial charge in [-0.15, -0.1) is 0 Å². The minimum atomic E-state index is -0.841. The van der Waals surface area contributed by atoms with Gasteiger partial charge in [-0.25, -0.2) is 4.39 Å². The Balaban J connectivity index is 2.72. The van der Waals surface area contributed by atoms with E-state index in [4.69, 9.17) is 5.73 Å². The van der Waals surface area contributed by atoms with Gasteiger partial charge in [0.1, 0.15) is 5.82 Å². The lowest BCUT2D eigenvalue weighted by atomic mass is 9.85. The zero-order valence-corrected chi connectivity index (χ0v) is 9.20. The monoisotopic (exact) mass is 211 g/mol. The number of aliphatic hydroxyl groups is 1. The maximum atomic E-state index is 12.7. The van der Waals surface area contributed by atoms with Crippen LogP contribution in [0.1, 0.15) is 19.4 Å². The minimum absolute atomic E-state index is 0.0163. The van der Waals surface area contributed by atoms with E-state index in [2.05, 4.69) is 0 Å². The number of rotatable bonds is 4. The predicted octanol–water partition coefficient (Wildman–Crippen LogP) is 1.71. The lowest BCUT2D eigenvalue weighted by molar-refractivity contribution is 0.0102. The first-order valence-electron chi connectivity index (χ1n) is 5.12. The van der Waals surface area contributed by atoms with Crippen molar-refractivity contribution in [3.63, 3.8) is 0 Å². The van der Waals surface area contributed by atoms with E-state index in [0.717, 1.165) is 5.56 Å². The van der Waals surface area contributed by atoms with Gasteiger partial charge in [0, 0.05) is 6.42 Å². The standard InChI is InChI=1S/C12H18FNO/c1-9(8-14)12(2,15)7-10-3-5-11(13)6-4-10/h3-6,9,15H,7-8,14H2,1-2H3. The molecule has 0 aliphatic carbocycles. The van der Waals surface area contributed by atoms with E-state index in [-0.39, 0.29) is 11.7 Å². The van der Waals surface area contributed by atoms with Gasteiger partial charge in [0.25, 0.3) is 0 Å². The van der Waals surface area contributed by atoms with Crippen LogP contribution in [0.15, 0.2) is 24.3 Å². The van der Waals surface area contributed by atoms with Crippen LogP contribution in [0.2, 0.25) is 0 Å². The van der Waals surface area contributed by atoms with Gasteiger partial charge in [0.05, 0.1) is 5.60 Å². The summed E-state index contributed by atoms with van der Waals surface area (Å²) in [5.41, 5.74) is 5.59. The van der Waals surface area contributed by atoms with Crippen LogP contribution in [-0.2, 0) is 6.42 Å². The molecule has 0 saturated heterocycles. The van der Waals surface area contributed by atoms with Crippen LogP contribution >= 0.6 is 0 Å². The summed E-state index contributed by atoms with van der Waals surface area (Å²) in [6, 6.07) is 6.18. The van der Waals surface area contributed by atoms with Crippen LogP contribution in [0.5, 0.6) is 0 Å². The molecule has 2 atom stereocenters. The smallest absolute Gasteiger partial charge is 0.123 e. The first-order chi connectivity index (χ1) is 6.95. The second-order valence-electron chi connectivity index (χ2n) is 4.30. The van der Waals surface area contributed by atoms with Gasteiger partial charge in [0.2, 0.25) is 0 Å². The molecule has 0 fully saturated rings. The Bertz CT molecular complexity index is 308. The summed E-state index contributed by atoms with van der Waals surface area (Å²) in [6.07, 6.45) is 0.492. The lowest BCUT2D eigenvalue weighted by Crippen LogP contribution is -2.39. The number of hydrogen-bond donors (Lipinski definition) is 2. The van der Waals surface area contributed by atoms with E-state index in [1.54, 1.807) is 19.1 Å². The molecule has 0 radical (unpaired) electrons. The molecular weight excluding hydrogens is 193 g/mol. The fraction of sp³-hybridized carbons (Fsp3) is 0.500. The molecule has 0 aliphatic rings. The average molecular weight is 211 g/mol. The van der Waals surface area contributed by atoms with Gasteiger partial charge in [-0.1, -0.05) is 19.1 Å². The van der Waals surface area contributed by atoms with Crippen molar-refractivity contribution in [2.45, 2.75) is 25.9 Å². The topological polar surface area (TPSA) is 46.2 Å². The molecule has 0 aromatic heterocycles. The Morgan fingerprint density at radius 3 is 2.40 bits per heavy atom. The van der Waals surface area contributed by atoms with Crippen LogP contribution in [0.4, 0.5) is 4.39 Å². The second kappa shape index (κ2) is 4.73. The van der Waals surface area contributed by atoms with E-state index in [9.17, 15) is 9.50 Å². The molecule has 1 aromatic rings. The van der Waals surface area contributed by atoms with Gasteiger partial charge in [-0.3, -0.25) is 0 Å². The number of hydrogen-bond acceptors (Lipinski definition) is 2. The van der Waals surface area contributed by atoms with Crippen LogP contribution in [-0.4, -0.2) is 17.3 Å².